The number of rotatable bonds is 2. The molecule has 0 saturated carbocycles. The second-order valence-corrected chi connectivity index (χ2v) is 6.22. The van der Waals surface area contributed by atoms with Crippen LogP contribution in [0.3, 0.4) is 0 Å². The van der Waals surface area contributed by atoms with Gasteiger partial charge in [0.1, 0.15) is 5.82 Å². The van der Waals surface area contributed by atoms with Crippen LogP contribution < -0.4 is 5.32 Å². The van der Waals surface area contributed by atoms with Crippen LogP contribution in [0.5, 0.6) is 0 Å². The molecule has 1 N–H and O–H groups in total. The van der Waals surface area contributed by atoms with Gasteiger partial charge in [-0.2, -0.15) is 0 Å². The molecule has 104 valence electrons. The lowest BCUT2D eigenvalue weighted by atomic mass is 9.99. The SMILES string of the molecule is Cc1cnc(-c2ccccc2)n1[C@H]1C[C@H]2CC[C@@H](C1)N2. The number of hydrogen-bond acceptors (Lipinski definition) is 2. The number of benzene rings is 1. The fraction of sp³-hybridized carbons (Fsp3) is 0.471. The van der Waals surface area contributed by atoms with Crippen LogP contribution in [0.15, 0.2) is 36.5 Å². The molecule has 0 radical (unpaired) electrons. The standard InChI is InChI=1S/C17H21N3/c1-12-11-18-17(13-5-3-2-4-6-13)20(12)16-9-14-7-8-15(10-16)19-14/h2-6,11,14-16,19H,7-10H2,1H3/t14-,15+,16+. The maximum absolute atomic E-state index is 4.67. The highest BCUT2D eigenvalue weighted by Gasteiger charge is 2.35. The number of hydrogen-bond donors (Lipinski definition) is 1. The van der Waals surface area contributed by atoms with Gasteiger partial charge in [-0.1, -0.05) is 30.3 Å². The number of piperidine rings is 1. The Morgan fingerprint density at radius 2 is 1.80 bits per heavy atom. The molecule has 0 spiro atoms. The number of aryl methyl sites for hydroxylation is 1. The fourth-order valence-corrected chi connectivity index (χ4v) is 3.95. The molecule has 3 atom stereocenters. The largest absolute Gasteiger partial charge is 0.325 e. The van der Waals surface area contributed by atoms with E-state index in [1.807, 2.05) is 6.20 Å². The number of aromatic nitrogens is 2. The normalized spacial score (nSPS) is 28.8. The highest BCUT2D eigenvalue weighted by molar-refractivity contribution is 5.56. The number of nitrogens with zero attached hydrogens (tertiary/aromatic N) is 2. The van der Waals surface area contributed by atoms with Crippen LogP contribution in [0.25, 0.3) is 11.4 Å². The fourth-order valence-electron chi connectivity index (χ4n) is 3.95. The smallest absolute Gasteiger partial charge is 0.140 e. The first-order valence-corrected chi connectivity index (χ1v) is 7.66. The lowest BCUT2D eigenvalue weighted by Crippen LogP contribution is -2.39. The molecule has 0 unspecified atom stereocenters. The molecular weight excluding hydrogens is 246 g/mol. The third-order valence-electron chi connectivity index (χ3n) is 4.83. The van der Waals surface area contributed by atoms with Gasteiger partial charge < -0.3 is 9.88 Å². The van der Waals surface area contributed by atoms with E-state index in [1.54, 1.807) is 0 Å². The zero-order valence-electron chi connectivity index (χ0n) is 11.9. The predicted octanol–water partition coefficient (Wildman–Crippen LogP) is 3.31. The summed E-state index contributed by atoms with van der Waals surface area (Å²) in [4.78, 5) is 4.67. The molecule has 2 fully saturated rings. The highest BCUT2D eigenvalue weighted by atomic mass is 15.1. The van der Waals surface area contributed by atoms with Crippen LogP contribution in [0, 0.1) is 6.92 Å². The maximum Gasteiger partial charge on any atom is 0.140 e. The molecule has 20 heavy (non-hydrogen) atoms. The van der Waals surface area contributed by atoms with E-state index in [0.717, 1.165) is 5.82 Å². The van der Waals surface area contributed by atoms with Crippen LogP contribution in [-0.4, -0.2) is 21.6 Å². The second-order valence-electron chi connectivity index (χ2n) is 6.22. The average molecular weight is 267 g/mol. The molecule has 0 amide bonds. The van der Waals surface area contributed by atoms with Crippen molar-refractivity contribution < 1.29 is 0 Å². The Labute approximate surface area is 120 Å². The van der Waals surface area contributed by atoms with Crippen molar-refractivity contribution in [3.05, 3.63) is 42.2 Å². The minimum atomic E-state index is 0.603. The van der Waals surface area contributed by atoms with E-state index in [1.165, 1.54) is 36.9 Å². The molecular formula is C17H21N3. The van der Waals surface area contributed by atoms with Crippen LogP contribution in [0.4, 0.5) is 0 Å². The van der Waals surface area contributed by atoms with Crippen molar-refractivity contribution in [3.8, 4) is 11.4 Å². The number of fused-ring (bicyclic) bond motifs is 2. The topological polar surface area (TPSA) is 29.9 Å². The zero-order valence-corrected chi connectivity index (χ0v) is 11.9. The summed E-state index contributed by atoms with van der Waals surface area (Å²) >= 11 is 0. The van der Waals surface area contributed by atoms with Crippen molar-refractivity contribution in [2.24, 2.45) is 0 Å². The molecule has 3 heterocycles. The summed E-state index contributed by atoms with van der Waals surface area (Å²) in [5.74, 6) is 1.13. The summed E-state index contributed by atoms with van der Waals surface area (Å²) in [6, 6.07) is 12.6. The van der Waals surface area contributed by atoms with Crippen molar-refractivity contribution >= 4 is 0 Å². The molecule has 0 aliphatic carbocycles. The van der Waals surface area contributed by atoms with Gasteiger partial charge in [-0.25, -0.2) is 4.98 Å². The zero-order chi connectivity index (χ0) is 13.5. The quantitative estimate of drug-likeness (QED) is 0.904. The van der Waals surface area contributed by atoms with Crippen molar-refractivity contribution in [2.75, 3.05) is 0 Å². The van der Waals surface area contributed by atoms with Crippen molar-refractivity contribution in [1.29, 1.82) is 0 Å². The summed E-state index contributed by atoms with van der Waals surface area (Å²) in [6.07, 6.45) is 7.19. The third kappa shape index (κ3) is 1.97. The Bertz CT molecular complexity index is 590. The summed E-state index contributed by atoms with van der Waals surface area (Å²) in [5, 5.41) is 3.73. The molecule has 3 heteroatoms. The molecule has 1 aromatic carbocycles. The van der Waals surface area contributed by atoms with Gasteiger partial charge in [0.05, 0.1) is 0 Å². The third-order valence-corrected chi connectivity index (χ3v) is 4.83. The Hall–Kier alpha value is -1.61. The van der Waals surface area contributed by atoms with Crippen molar-refractivity contribution in [2.45, 2.75) is 50.7 Å². The average Bonchev–Trinajstić information content (AvgIpc) is 3.02. The highest BCUT2D eigenvalue weighted by Crippen LogP contribution is 2.37. The van der Waals surface area contributed by atoms with Crippen molar-refractivity contribution in [3.63, 3.8) is 0 Å². The van der Waals surface area contributed by atoms with Crippen LogP contribution in [0.1, 0.15) is 37.4 Å². The van der Waals surface area contributed by atoms with E-state index >= 15 is 0 Å². The van der Waals surface area contributed by atoms with E-state index in [4.69, 9.17) is 0 Å². The molecule has 3 nitrogen and oxygen atoms in total. The first-order chi connectivity index (χ1) is 9.81. The van der Waals surface area contributed by atoms with E-state index < -0.39 is 0 Å². The lowest BCUT2D eigenvalue weighted by molar-refractivity contribution is 0.297. The first kappa shape index (κ1) is 12.2. The Kier molecular flexibility index (Phi) is 2.88. The summed E-state index contributed by atoms with van der Waals surface area (Å²) in [5.41, 5.74) is 2.52. The molecule has 2 aliphatic rings. The van der Waals surface area contributed by atoms with E-state index in [2.05, 4.69) is 52.1 Å². The van der Waals surface area contributed by atoms with Gasteiger partial charge in [0.15, 0.2) is 0 Å². The summed E-state index contributed by atoms with van der Waals surface area (Å²) in [7, 11) is 0. The molecule has 2 aromatic rings. The van der Waals surface area contributed by atoms with Gasteiger partial charge in [0.25, 0.3) is 0 Å². The Balaban J connectivity index is 1.73. The van der Waals surface area contributed by atoms with Gasteiger partial charge in [-0.05, 0) is 32.6 Å². The van der Waals surface area contributed by atoms with Gasteiger partial charge in [-0.15, -0.1) is 0 Å². The summed E-state index contributed by atoms with van der Waals surface area (Å²) in [6.45, 7) is 2.18. The minimum absolute atomic E-state index is 0.603. The lowest BCUT2D eigenvalue weighted by Gasteiger charge is -2.32. The van der Waals surface area contributed by atoms with Gasteiger partial charge in [0.2, 0.25) is 0 Å². The van der Waals surface area contributed by atoms with Crippen LogP contribution >= 0.6 is 0 Å². The Morgan fingerprint density at radius 1 is 1.10 bits per heavy atom. The predicted molar refractivity (Wildman–Crippen MR) is 80.6 cm³/mol. The van der Waals surface area contributed by atoms with Crippen LogP contribution in [0.2, 0.25) is 0 Å². The van der Waals surface area contributed by atoms with Crippen molar-refractivity contribution in [1.82, 2.24) is 14.9 Å². The maximum atomic E-state index is 4.67. The molecule has 2 saturated heterocycles. The Morgan fingerprint density at radius 3 is 2.50 bits per heavy atom. The minimum Gasteiger partial charge on any atom is -0.325 e. The molecule has 2 aliphatic heterocycles. The van der Waals surface area contributed by atoms with E-state index in [9.17, 15) is 0 Å². The van der Waals surface area contributed by atoms with Gasteiger partial charge in [0, 0.05) is 35.6 Å². The van der Waals surface area contributed by atoms with Gasteiger partial charge >= 0.3 is 0 Å². The monoisotopic (exact) mass is 267 g/mol. The second kappa shape index (κ2) is 4.74. The van der Waals surface area contributed by atoms with E-state index in [0.29, 0.717) is 18.1 Å². The number of nitrogens with one attached hydrogen (secondary N) is 1. The summed E-state index contributed by atoms with van der Waals surface area (Å²) < 4.78 is 2.47. The van der Waals surface area contributed by atoms with Crippen LogP contribution in [-0.2, 0) is 0 Å². The van der Waals surface area contributed by atoms with Gasteiger partial charge in [-0.3, -0.25) is 0 Å². The first-order valence-electron chi connectivity index (χ1n) is 7.66. The van der Waals surface area contributed by atoms with E-state index in [-0.39, 0.29) is 0 Å². The number of imidazole rings is 1. The molecule has 2 bridgehead atoms. The molecule has 1 aromatic heterocycles. The molecule has 4 rings (SSSR count).